The molecule has 39 heavy (non-hydrogen) atoms. The van der Waals surface area contributed by atoms with Crippen molar-refractivity contribution in [1.82, 2.24) is 0 Å². The van der Waals surface area contributed by atoms with Crippen LogP contribution in [0.4, 0.5) is 8.78 Å². The van der Waals surface area contributed by atoms with Gasteiger partial charge in [-0.1, -0.05) is 54.6 Å². The van der Waals surface area contributed by atoms with E-state index in [2.05, 4.69) is 95.7 Å². The van der Waals surface area contributed by atoms with Gasteiger partial charge in [0, 0.05) is 7.11 Å². The molecule has 0 bridgehead atoms. The number of hydrogen-bond donors (Lipinski definition) is 0. The topological polar surface area (TPSA) is 111 Å². The summed E-state index contributed by atoms with van der Waals surface area (Å²) in [5.41, 5.74) is 0. The van der Waals surface area contributed by atoms with Gasteiger partial charge in [0.15, 0.2) is 24.8 Å². The Morgan fingerprint density at radius 1 is 0.718 bits per heavy atom. The summed E-state index contributed by atoms with van der Waals surface area (Å²) in [6, 6.07) is 32.2. The minimum absolute atomic E-state index is 0.0146. The minimum Gasteiger partial charge on any atom is -0.743 e. The van der Waals surface area contributed by atoms with Crippen LogP contribution in [0.25, 0.3) is 0 Å². The van der Waals surface area contributed by atoms with Crippen LogP contribution in [0.3, 0.4) is 0 Å². The number of benzene rings is 3. The first-order valence-electron chi connectivity index (χ1n) is 11.7. The molecule has 0 spiro atoms. The van der Waals surface area contributed by atoms with Crippen molar-refractivity contribution in [3.8, 4) is 0 Å². The molecule has 0 saturated carbocycles. The lowest BCUT2D eigenvalue weighted by Gasteiger charge is -2.17. The first-order valence-corrected chi connectivity index (χ1v) is 14.4. The van der Waals surface area contributed by atoms with E-state index in [-0.39, 0.29) is 30.7 Å². The molecule has 0 saturated heterocycles. The zero-order valence-electron chi connectivity index (χ0n) is 21.2. The zero-order chi connectivity index (χ0) is 28.6. The molecule has 3 aromatic carbocycles. The predicted octanol–water partition coefficient (Wildman–Crippen LogP) is 4.13. The predicted molar refractivity (Wildman–Crippen MR) is 141 cm³/mol. The second kappa shape index (κ2) is 17.0. The monoisotopic (exact) mass is 584 g/mol. The van der Waals surface area contributed by atoms with Gasteiger partial charge in [-0.3, -0.25) is 0 Å². The number of halogens is 2. The molecule has 0 aliphatic carbocycles. The van der Waals surface area contributed by atoms with Crippen LogP contribution >= 0.6 is 0 Å². The quantitative estimate of drug-likeness (QED) is 0.120. The molecule has 0 aromatic heterocycles. The van der Waals surface area contributed by atoms with Crippen molar-refractivity contribution in [1.29, 1.82) is 0 Å². The largest absolute Gasteiger partial charge is 0.743 e. The molecular formula is C27H30F2O8S2. The fraction of sp³-hybridized carbons (Fsp3) is 0.296. The average molecular weight is 585 g/mol. The van der Waals surface area contributed by atoms with E-state index in [0.29, 0.717) is 13.2 Å². The minimum atomic E-state index is -6.09. The highest BCUT2D eigenvalue weighted by Gasteiger charge is 2.48. The van der Waals surface area contributed by atoms with Crippen molar-refractivity contribution >= 4 is 27.0 Å². The molecule has 3 aromatic rings. The lowest BCUT2D eigenvalue weighted by molar-refractivity contribution is -0.163. The molecule has 0 atom stereocenters. The molecule has 3 rings (SSSR count). The Kier molecular flexibility index (Phi) is 14.1. The van der Waals surface area contributed by atoms with E-state index in [0.717, 1.165) is 0 Å². The standard InChI is InChI=1S/C18H15S.C9H16F2O8S/c1-4-10-16(11-5-1)19(17-12-6-2-7-13-17)18-14-8-3-9-15-18;1-16-2-3-17-4-5-18-6-7-19-8(12)9(10,11)20(13,14)15/h1-15H;2-7H2,1H3,(H,13,14,15)/q+1;/p-1. The molecule has 0 heterocycles. The van der Waals surface area contributed by atoms with Gasteiger partial charge in [-0.25, -0.2) is 13.2 Å². The third-order valence-electron chi connectivity index (χ3n) is 4.75. The van der Waals surface area contributed by atoms with Gasteiger partial charge in [0.25, 0.3) is 0 Å². The summed E-state index contributed by atoms with van der Waals surface area (Å²) in [5.74, 6) is -2.42. The maximum atomic E-state index is 12.6. The first-order chi connectivity index (χ1) is 18.7. The van der Waals surface area contributed by atoms with Crippen LogP contribution in [0.1, 0.15) is 0 Å². The second-order valence-corrected chi connectivity index (χ2v) is 11.0. The van der Waals surface area contributed by atoms with E-state index in [1.54, 1.807) is 0 Å². The van der Waals surface area contributed by atoms with E-state index in [9.17, 15) is 26.5 Å². The van der Waals surface area contributed by atoms with Gasteiger partial charge in [0.05, 0.1) is 43.9 Å². The summed E-state index contributed by atoms with van der Waals surface area (Å²) >= 11 is 0. The molecule has 0 N–H and O–H groups in total. The molecule has 212 valence electrons. The Balaban J connectivity index is 0.000000273. The first kappa shape index (κ1) is 32.3. The van der Waals surface area contributed by atoms with Crippen molar-refractivity contribution in [2.24, 2.45) is 0 Å². The van der Waals surface area contributed by atoms with Crippen molar-refractivity contribution in [2.45, 2.75) is 19.9 Å². The van der Waals surface area contributed by atoms with Gasteiger partial charge in [-0.15, -0.1) is 0 Å². The number of methoxy groups -OCH3 is 1. The highest BCUT2D eigenvalue weighted by molar-refractivity contribution is 7.97. The number of ether oxygens (including phenoxy) is 4. The lowest BCUT2D eigenvalue weighted by atomic mass is 10.4. The van der Waals surface area contributed by atoms with Gasteiger partial charge >= 0.3 is 11.2 Å². The number of esters is 1. The average Bonchev–Trinajstić information content (AvgIpc) is 2.94. The molecule has 0 aliphatic rings. The Hall–Kier alpha value is -2.87. The van der Waals surface area contributed by atoms with E-state index in [1.807, 2.05) is 0 Å². The Bertz CT molecular complexity index is 1100. The molecule has 0 amide bonds. The molecule has 0 unspecified atom stereocenters. The fourth-order valence-corrected chi connectivity index (χ4v) is 5.29. The van der Waals surface area contributed by atoms with Gasteiger partial charge < -0.3 is 23.5 Å². The molecular weight excluding hydrogens is 554 g/mol. The second-order valence-electron chi connectivity index (χ2n) is 7.57. The third kappa shape index (κ3) is 11.0. The maximum Gasteiger partial charge on any atom is 0.428 e. The normalized spacial score (nSPS) is 11.5. The van der Waals surface area contributed by atoms with Crippen molar-refractivity contribution in [3.05, 3.63) is 91.0 Å². The van der Waals surface area contributed by atoms with Crippen LogP contribution < -0.4 is 0 Å². The van der Waals surface area contributed by atoms with Crippen molar-refractivity contribution in [3.63, 3.8) is 0 Å². The number of alkyl halides is 2. The Morgan fingerprint density at radius 2 is 1.08 bits per heavy atom. The summed E-state index contributed by atoms with van der Waals surface area (Å²) in [5, 5.41) is -5.10. The Labute approximate surface area is 230 Å². The molecule has 0 fully saturated rings. The highest BCUT2D eigenvalue weighted by atomic mass is 32.2. The van der Waals surface area contributed by atoms with Gasteiger partial charge in [0.2, 0.25) is 0 Å². The summed E-state index contributed by atoms with van der Waals surface area (Å²) in [6.07, 6.45) is 0. The summed E-state index contributed by atoms with van der Waals surface area (Å²) in [7, 11) is -4.60. The molecule has 0 aliphatic heterocycles. The number of carbonyl (C=O) groups excluding carboxylic acids is 1. The summed E-state index contributed by atoms with van der Waals surface area (Å²) in [6.45, 7) is 0.273. The maximum absolute atomic E-state index is 12.6. The lowest BCUT2D eigenvalue weighted by Crippen LogP contribution is -2.39. The van der Waals surface area contributed by atoms with Crippen molar-refractivity contribution < 1.29 is 45.5 Å². The third-order valence-corrected chi connectivity index (χ3v) is 7.78. The van der Waals surface area contributed by atoms with Gasteiger partial charge in [-0.2, -0.15) is 8.78 Å². The number of rotatable bonds is 14. The van der Waals surface area contributed by atoms with E-state index < -0.39 is 27.9 Å². The number of hydrogen-bond acceptors (Lipinski definition) is 8. The van der Waals surface area contributed by atoms with Crippen LogP contribution in [-0.4, -0.2) is 70.9 Å². The summed E-state index contributed by atoms with van der Waals surface area (Å²) in [4.78, 5) is 14.8. The SMILES string of the molecule is COCCOCCOCCOC(=O)C(F)(F)S(=O)(=O)[O-].c1ccc([S+](c2ccccc2)c2ccccc2)cc1. The van der Waals surface area contributed by atoms with Crippen LogP contribution in [0.15, 0.2) is 106 Å². The van der Waals surface area contributed by atoms with E-state index >= 15 is 0 Å². The summed E-state index contributed by atoms with van der Waals surface area (Å²) < 4.78 is 74.0. The smallest absolute Gasteiger partial charge is 0.428 e. The fourth-order valence-electron chi connectivity index (χ4n) is 2.92. The molecule has 8 nitrogen and oxygen atoms in total. The van der Waals surface area contributed by atoms with Crippen LogP contribution in [-0.2, 0) is 44.8 Å². The van der Waals surface area contributed by atoms with Crippen molar-refractivity contribution in [2.75, 3.05) is 46.8 Å². The number of carbonyl (C=O) groups is 1. The van der Waals surface area contributed by atoms with Crippen LogP contribution in [0, 0.1) is 0 Å². The van der Waals surface area contributed by atoms with Gasteiger partial charge in [0.1, 0.15) is 6.61 Å². The zero-order valence-corrected chi connectivity index (χ0v) is 22.9. The van der Waals surface area contributed by atoms with E-state index in [1.165, 1.54) is 21.8 Å². The molecule has 12 heteroatoms. The Morgan fingerprint density at radius 3 is 1.44 bits per heavy atom. The van der Waals surface area contributed by atoms with Crippen LogP contribution in [0.5, 0.6) is 0 Å². The van der Waals surface area contributed by atoms with Gasteiger partial charge in [-0.05, 0) is 36.4 Å². The van der Waals surface area contributed by atoms with Crippen LogP contribution in [0.2, 0.25) is 0 Å². The molecule has 0 radical (unpaired) electrons. The highest BCUT2D eigenvalue weighted by Crippen LogP contribution is 2.30. The van der Waals surface area contributed by atoms with E-state index in [4.69, 9.17) is 14.2 Å².